The standard InChI is InChI=1S/C21H25ClN4.C5H5N/c1-2-3-7-14-24-21(23)26-15-19(16-8-5-4-6-9-16)20(25-26)17-10-12-18(22)13-11-17;1-2-4-6-5-3-1/h5,8-13,15H,2-4,6-7,14H2,1H3,(H2,23,24);1-5H. The zero-order chi connectivity index (χ0) is 22.6. The maximum absolute atomic E-state index is 6.18. The van der Waals surface area contributed by atoms with Gasteiger partial charge in [-0.3, -0.25) is 9.98 Å². The molecule has 2 heterocycles. The van der Waals surface area contributed by atoms with E-state index in [2.05, 4.69) is 35.1 Å². The number of aromatic nitrogens is 3. The lowest BCUT2D eigenvalue weighted by molar-refractivity contribution is 0.723. The van der Waals surface area contributed by atoms with E-state index in [-0.39, 0.29) is 0 Å². The predicted molar refractivity (Wildman–Crippen MR) is 135 cm³/mol. The fraction of sp³-hybridized carbons (Fsp3) is 0.269. The van der Waals surface area contributed by atoms with Gasteiger partial charge in [-0.2, -0.15) is 5.10 Å². The van der Waals surface area contributed by atoms with Crippen LogP contribution in [0.5, 0.6) is 0 Å². The smallest absolute Gasteiger partial charge is 0.216 e. The Kier molecular flexibility index (Phi) is 9.26. The average Bonchev–Trinajstić information content (AvgIpc) is 3.30. The Balaban J connectivity index is 0.000000416. The summed E-state index contributed by atoms with van der Waals surface area (Å²) < 4.78 is 1.69. The topological polar surface area (TPSA) is 69.1 Å². The molecule has 6 heteroatoms. The molecule has 0 aliphatic heterocycles. The molecule has 0 bridgehead atoms. The van der Waals surface area contributed by atoms with Crippen LogP contribution in [0.3, 0.4) is 0 Å². The van der Waals surface area contributed by atoms with Gasteiger partial charge in [-0.25, -0.2) is 4.68 Å². The fourth-order valence-corrected chi connectivity index (χ4v) is 3.40. The second-order valence-corrected chi connectivity index (χ2v) is 7.89. The van der Waals surface area contributed by atoms with Crippen LogP contribution in [-0.2, 0) is 0 Å². The molecule has 0 fully saturated rings. The van der Waals surface area contributed by atoms with Crippen LogP contribution >= 0.6 is 11.6 Å². The normalized spacial score (nSPS) is 13.3. The van der Waals surface area contributed by atoms with Gasteiger partial charge in [-0.1, -0.05) is 67.8 Å². The molecule has 4 rings (SSSR count). The minimum Gasteiger partial charge on any atom is -0.368 e. The number of halogens is 1. The number of unbranched alkanes of at least 4 members (excludes halogenated alkanes) is 2. The third-order valence-corrected chi connectivity index (χ3v) is 5.23. The van der Waals surface area contributed by atoms with Crippen LogP contribution in [0.2, 0.25) is 5.02 Å². The third kappa shape index (κ3) is 6.92. The first kappa shape index (κ1) is 23.5. The van der Waals surface area contributed by atoms with Gasteiger partial charge >= 0.3 is 0 Å². The molecule has 0 radical (unpaired) electrons. The summed E-state index contributed by atoms with van der Waals surface area (Å²) in [6.45, 7) is 2.91. The lowest BCUT2D eigenvalue weighted by Crippen LogP contribution is -2.23. The summed E-state index contributed by atoms with van der Waals surface area (Å²) in [5.41, 5.74) is 10.3. The van der Waals surface area contributed by atoms with E-state index < -0.39 is 0 Å². The Morgan fingerprint density at radius 2 is 1.88 bits per heavy atom. The zero-order valence-electron chi connectivity index (χ0n) is 18.5. The summed E-state index contributed by atoms with van der Waals surface area (Å²) in [5, 5.41) is 5.44. The molecule has 0 saturated carbocycles. The van der Waals surface area contributed by atoms with Gasteiger partial charge < -0.3 is 5.73 Å². The average molecular weight is 448 g/mol. The van der Waals surface area contributed by atoms with Crippen molar-refractivity contribution in [3.63, 3.8) is 0 Å². The number of allylic oxidation sites excluding steroid dienone is 4. The molecule has 1 aliphatic carbocycles. The van der Waals surface area contributed by atoms with E-state index in [9.17, 15) is 0 Å². The first-order valence-corrected chi connectivity index (χ1v) is 11.4. The molecular weight excluding hydrogens is 418 g/mol. The van der Waals surface area contributed by atoms with Crippen molar-refractivity contribution in [2.75, 3.05) is 6.54 Å². The number of rotatable bonds is 6. The Bertz CT molecular complexity index is 1020. The van der Waals surface area contributed by atoms with Gasteiger partial charge in [0.15, 0.2) is 0 Å². The van der Waals surface area contributed by atoms with Crippen molar-refractivity contribution in [2.24, 2.45) is 10.7 Å². The van der Waals surface area contributed by atoms with Gasteiger partial charge in [-0.15, -0.1) is 0 Å². The summed E-state index contributed by atoms with van der Waals surface area (Å²) in [6.07, 6.45) is 17.6. The SMILES string of the molecule is CCCCCN=C(N)n1cc(C2=CCCC=C2)c(-c2ccc(Cl)cc2)n1.c1ccncc1. The van der Waals surface area contributed by atoms with Crippen molar-refractivity contribution in [2.45, 2.75) is 39.0 Å². The molecule has 32 heavy (non-hydrogen) atoms. The maximum atomic E-state index is 6.18. The van der Waals surface area contributed by atoms with Crippen LogP contribution in [-0.4, -0.2) is 27.3 Å². The molecule has 2 N–H and O–H groups in total. The highest BCUT2D eigenvalue weighted by Gasteiger charge is 2.16. The second kappa shape index (κ2) is 12.6. The van der Waals surface area contributed by atoms with Crippen molar-refractivity contribution in [3.8, 4) is 11.3 Å². The van der Waals surface area contributed by atoms with E-state index in [1.165, 1.54) is 12.0 Å². The number of hydrogen-bond donors (Lipinski definition) is 1. The van der Waals surface area contributed by atoms with E-state index in [4.69, 9.17) is 22.4 Å². The van der Waals surface area contributed by atoms with E-state index in [1.807, 2.05) is 48.7 Å². The maximum Gasteiger partial charge on any atom is 0.216 e. The Labute approximate surface area is 195 Å². The minimum absolute atomic E-state index is 0.433. The lowest BCUT2D eigenvalue weighted by atomic mass is 9.97. The Morgan fingerprint density at radius 1 is 1.09 bits per heavy atom. The van der Waals surface area contributed by atoms with Crippen LogP contribution in [0.1, 0.15) is 44.6 Å². The molecule has 0 atom stereocenters. The Morgan fingerprint density at radius 3 is 2.47 bits per heavy atom. The van der Waals surface area contributed by atoms with Gasteiger partial charge in [0, 0.05) is 41.3 Å². The van der Waals surface area contributed by atoms with Crippen molar-refractivity contribution in [1.82, 2.24) is 14.8 Å². The summed E-state index contributed by atoms with van der Waals surface area (Å²) in [5.74, 6) is 0.433. The van der Waals surface area contributed by atoms with Crippen molar-refractivity contribution in [3.05, 3.63) is 89.9 Å². The first-order valence-electron chi connectivity index (χ1n) is 11.1. The number of aliphatic imine (C=N–C) groups is 1. The molecule has 0 saturated heterocycles. The first-order chi connectivity index (χ1) is 15.7. The van der Waals surface area contributed by atoms with Gasteiger partial charge in [0.1, 0.15) is 5.69 Å². The number of pyridine rings is 1. The highest BCUT2D eigenvalue weighted by molar-refractivity contribution is 6.30. The molecule has 166 valence electrons. The monoisotopic (exact) mass is 447 g/mol. The second-order valence-electron chi connectivity index (χ2n) is 7.45. The van der Waals surface area contributed by atoms with Crippen LogP contribution in [0, 0.1) is 0 Å². The molecule has 0 amide bonds. The largest absolute Gasteiger partial charge is 0.368 e. The predicted octanol–water partition coefficient (Wildman–Crippen LogP) is 6.37. The van der Waals surface area contributed by atoms with Gasteiger partial charge in [-0.05, 0) is 49.1 Å². The molecule has 1 aliphatic rings. The molecule has 1 aromatic carbocycles. The highest BCUT2D eigenvalue weighted by atomic mass is 35.5. The number of benzene rings is 1. The quantitative estimate of drug-likeness (QED) is 0.271. The van der Waals surface area contributed by atoms with Gasteiger partial charge in [0.05, 0.1) is 0 Å². The van der Waals surface area contributed by atoms with Crippen LogP contribution < -0.4 is 5.73 Å². The van der Waals surface area contributed by atoms with E-state index in [0.29, 0.717) is 11.0 Å². The summed E-state index contributed by atoms with van der Waals surface area (Å²) in [4.78, 5) is 8.26. The molecule has 0 spiro atoms. The molecule has 3 aromatic rings. The summed E-state index contributed by atoms with van der Waals surface area (Å²) in [6, 6.07) is 13.5. The van der Waals surface area contributed by atoms with Crippen molar-refractivity contribution >= 4 is 23.1 Å². The van der Waals surface area contributed by atoms with Crippen LogP contribution in [0.15, 0.2) is 84.3 Å². The molecular formula is C26H30ClN5. The fourth-order valence-electron chi connectivity index (χ4n) is 3.28. The molecule has 5 nitrogen and oxygen atoms in total. The third-order valence-electron chi connectivity index (χ3n) is 4.97. The van der Waals surface area contributed by atoms with E-state index in [0.717, 1.165) is 49.0 Å². The minimum atomic E-state index is 0.433. The van der Waals surface area contributed by atoms with Crippen LogP contribution in [0.25, 0.3) is 16.8 Å². The number of nitrogens with zero attached hydrogens (tertiary/aromatic N) is 4. The number of hydrogen-bond acceptors (Lipinski definition) is 3. The van der Waals surface area contributed by atoms with Crippen molar-refractivity contribution < 1.29 is 0 Å². The van der Waals surface area contributed by atoms with Gasteiger partial charge in [0.2, 0.25) is 5.96 Å². The summed E-state index contributed by atoms with van der Waals surface area (Å²) in [7, 11) is 0. The molecule has 0 unspecified atom stereocenters. The molecule has 2 aromatic heterocycles. The Hall–Kier alpha value is -3.18. The van der Waals surface area contributed by atoms with E-state index in [1.54, 1.807) is 17.1 Å². The summed E-state index contributed by atoms with van der Waals surface area (Å²) >= 11 is 6.04. The zero-order valence-corrected chi connectivity index (χ0v) is 19.2. The highest BCUT2D eigenvalue weighted by Crippen LogP contribution is 2.31. The van der Waals surface area contributed by atoms with Crippen molar-refractivity contribution in [1.29, 1.82) is 0 Å². The number of nitrogens with two attached hydrogens (primary N) is 1. The lowest BCUT2D eigenvalue weighted by Gasteiger charge is -2.07. The van der Waals surface area contributed by atoms with Crippen LogP contribution in [0.4, 0.5) is 0 Å². The van der Waals surface area contributed by atoms with Gasteiger partial charge in [0.25, 0.3) is 0 Å². The van der Waals surface area contributed by atoms with E-state index >= 15 is 0 Å².